The molecule has 3 N–H and O–H groups in total. The summed E-state index contributed by atoms with van der Waals surface area (Å²) >= 11 is 0. The van der Waals surface area contributed by atoms with Gasteiger partial charge in [-0.25, -0.2) is 9.07 Å². The number of hydrogen-bond donors (Lipinski definition) is 3. The normalized spacial score (nSPS) is 29.4. The highest BCUT2D eigenvalue weighted by Gasteiger charge is 2.48. The summed E-state index contributed by atoms with van der Waals surface area (Å²) < 4.78 is 36.9. The zero-order valence-electron chi connectivity index (χ0n) is 21.8. The lowest BCUT2D eigenvalue weighted by Gasteiger charge is -2.48. The summed E-state index contributed by atoms with van der Waals surface area (Å²) in [5, 5.41) is 17.7. The van der Waals surface area contributed by atoms with E-state index < -0.39 is 16.4 Å². The van der Waals surface area contributed by atoms with Crippen molar-refractivity contribution in [1.29, 1.82) is 5.26 Å². The first kappa shape index (κ1) is 24.9. The molecule has 3 aromatic rings. The van der Waals surface area contributed by atoms with Crippen LogP contribution in [0.15, 0.2) is 48.5 Å². The molecule has 2 atom stereocenters. The van der Waals surface area contributed by atoms with E-state index in [0.717, 1.165) is 55.5 Å². The lowest BCUT2D eigenvalue weighted by molar-refractivity contribution is 0.0360. The fourth-order valence-electron chi connectivity index (χ4n) is 6.90. The Morgan fingerprint density at radius 1 is 1.05 bits per heavy atom. The van der Waals surface area contributed by atoms with Crippen LogP contribution in [0, 0.1) is 22.6 Å². The molecule has 4 bridgehead atoms. The number of nitrogens with zero attached hydrogens (tertiary/aromatic N) is 5. The molecule has 5 saturated heterocycles. The number of piperidine rings is 3. The number of hydrogen-bond acceptors (Lipinski definition) is 7. The monoisotopic (exact) mass is 548 g/mol. The minimum atomic E-state index is -2.46. The molecule has 0 amide bonds. The smallest absolute Gasteiger partial charge is 0.149 e. The molecule has 5 aliphatic rings. The van der Waals surface area contributed by atoms with Crippen molar-refractivity contribution < 1.29 is 13.5 Å². The van der Waals surface area contributed by atoms with E-state index in [4.69, 9.17) is 5.10 Å². The average molecular weight is 549 g/mol. The molecule has 39 heavy (non-hydrogen) atoms. The largest absolute Gasteiger partial charge is 0.368 e. The molecule has 0 aliphatic carbocycles. The van der Waals surface area contributed by atoms with Gasteiger partial charge in [0.2, 0.25) is 0 Å². The molecule has 10 heteroatoms. The van der Waals surface area contributed by atoms with Crippen molar-refractivity contribution in [3.8, 4) is 23.0 Å². The number of anilines is 2. The summed E-state index contributed by atoms with van der Waals surface area (Å²) in [6.45, 7) is 5.02. The standard InChI is InChI=1S/C29H33FN6O2S/c30-26-13-20(1-2-21(26)16-31)27-15-28(32-19-29-7-10-34(11-8-29)12-9-29)33-36(27)23-5-3-22(4-6-23)35-17-25-14-24(35)18-39(25,37)38/h1-6,13,15,24-25,37-38H,7-12,14,17-19H2,(H,32,33). The summed E-state index contributed by atoms with van der Waals surface area (Å²) in [6, 6.07) is 16.8. The molecule has 0 saturated carbocycles. The van der Waals surface area contributed by atoms with E-state index in [1.54, 1.807) is 6.07 Å². The van der Waals surface area contributed by atoms with Gasteiger partial charge in [0.05, 0.1) is 27.9 Å². The van der Waals surface area contributed by atoms with Crippen LogP contribution in [0.25, 0.3) is 16.9 Å². The zero-order valence-corrected chi connectivity index (χ0v) is 22.6. The maximum absolute atomic E-state index is 14.6. The Kier molecular flexibility index (Phi) is 5.90. The Bertz CT molecular complexity index is 1430. The van der Waals surface area contributed by atoms with Gasteiger partial charge in [-0.1, -0.05) is 6.07 Å². The highest BCUT2D eigenvalue weighted by molar-refractivity contribution is 8.25. The Morgan fingerprint density at radius 2 is 1.77 bits per heavy atom. The van der Waals surface area contributed by atoms with Crippen LogP contribution < -0.4 is 10.2 Å². The van der Waals surface area contributed by atoms with Crippen LogP contribution in [-0.4, -0.2) is 73.6 Å². The van der Waals surface area contributed by atoms with E-state index in [0.29, 0.717) is 23.3 Å². The van der Waals surface area contributed by atoms with Crippen molar-refractivity contribution in [2.75, 3.05) is 48.7 Å². The SMILES string of the molecule is N#Cc1ccc(-c2cc(NCC34CCN(CC3)CC4)nn2-c2ccc(N3CC4CC3CS4(O)O)cc2)cc1F. The van der Waals surface area contributed by atoms with Gasteiger partial charge in [-0.15, -0.1) is 5.10 Å². The van der Waals surface area contributed by atoms with E-state index in [1.807, 2.05) is 29.0 Å². The van der Waals surface area contributed by atoms with Gasteiger partial charge < -0.3 is 15.1 Å². The molecular weight excluding hydrogens is 515 g/mol. The van der Waals surface area contributed by atoms with Gasteiger partial charge in [-0.3, -0.25) is 9.11 Å². The number of nitrogens with one attached hydrogen (secondary N) is 1. The number of rotatable bonds is 6. The fraction of sp³-hybridized carbons (Fsp3) is 0.448. The molecule has 5 aliphatic heterocycles. The fourth-order valence-corrected chi connectivity index (χ4v) is 8.98. The lowest BCUT2D eigenvalue weighted by Crippen LogP contribution is -2.50. The number of aromatic nitrogens is 2. The minimum absolute atomic E-state index is 0.0202. The van der Waals surface area contributed by atoms with Gasteiger partial charge in [0.1, 0.15) is 17.7 Å². The van der Waals surface area contributed by atoms with Crippen LogP contribution in [0.3, 0.4) is 0 Å². The van der Waals surface area contributed by atoms with E-state index in [1.165, 1.54) is 31.4 Å². The number of nitriles is 1. The van der Waals surface area contributed by atoms with Crippen LogP contribution in [0.4, 0.5) is 15.9 Å². The maximum Gasteiger partial charge on any atom is 0.149 e. The molecule has 204 valence electrons. The first-order valence-electron chi connectivity index (χ1n) is 13.7. The topological polar surface area (TPSA) is 101 Å². The second-order valence-electron chi connectivity index (χ2n) is 11.6. The second kappa shape index (κ2) is 9.24. The molecule has 8 nitrogen and oxygen atoms in total. The van der Waals surface area contributed by atoms with Crippen LogP contribution in [-0.2, 0) is 0 Å². The molecule has 6 heterocycles. The van der Waals surface area contributed by atoms with E-state index >= 15 is 0 Å². The minimum Gasteiger partial charge on any atom is -0.368 e. The Morgan fingerprint density at radius 3 is 2.38 bits per heavy atom. The summed E-state index contributed by atoms with van der Waals surface area (Å²) in [6.07, 6.45) is 4.42. The molecule has 0 spiro atoms. The molecule has 8 rings (SSSR count). The van der Waals surface area contributed by atoms with Gasteiger partial charge in [-0.05, 0) is 87.1 Å². The van der Waals surface area contributed by atoms with Crippen molar-refractivity contribution in [2.45, 2.75) is 37.0 Å². The molecule has 2 aromatic carbocycles. The van der Waals surface area contributed by atoms with Crippen LogP contribution in [0.2, 0.25) is 0 Å². The Hall–Kier alpha value is -3.10. The van der Waals surface area contributed by atoms with E-state index in [-0.39, 0.29) is 16.9 Å². The van der Waals surface area contributed by atoms with Crippen LogP contribution in [0.1, 0.15) is 31.2 Å². The van der Waals surface area contributed by atoms with Gasteiger partial charge in [0.25, 0.3) is 0 Å². The van der Waals surface area contributed by atoms with Gasteiger partial charge in [0.15, 0.2) is 0 Å². The summed E-state index contributed by atoms with van der Waals surface area (Å²) in [5.41, 5.74) is 3.64. The predicted octanol–water partition coefficient (Wildman–Crippen LogP) is 5.16. The van der Waals surface area contributed by atoms with Gasteiger partial charge >= 0.3 is 0 Å². The molecular formula is C29H33FN6O2S. The average Bonchev–Trinajstić information content (AvgIpc) is 3.65. The number of halogens is 1. The quantitative estimate of drug-likeness (QED) is 0.391. The van der Waals surface area contributed by atoms with E-state index in [2.05, 4.69) is 27.2 Å². The third-order valence-electron chi connectivity index (χ3n) is 9.39. The van der Waals surface area contributed by atoms with Crippen molar-refractivity contribution >= 4 is 22.1 Å². The molecule has 5 fully saturated rings. The lowest BCUT2D eigenvalue weighted by atomic mass is 9.72. The maximum atomic E-state index is 14.6. The third kappa shape index (κ3) is 4.38. The predicted molar refractivity (Wildman–Crippen MR) is 152 cm³/mol. The molecule has 1 aromatic heterocycles. The first-order valence-corrected chi connectivity index (χ1v) is 15.5. The summed E-state index contributed by atoms with van der Waals surface area (Å²) in [7, 11) is -2.46. The molecule has 0 radical (unpaired) electrons. The molecule has 2 unspecified atom stereocenters. The first-order chi connectivity index (χ1) is 18.8. The zero-order chi connectivity index (χ0) is 26.8. The number of benzene rings is 2. The van der Waals surface area contributed by atoms with Gasteiger partial charge in [0, 0.05) is 36.4 Å². The van der Waals surface area contributed by atoms with Crippen LogP contribution in [0.5, 0.6) is 0 Å². The van der Waals surface area contributed by atoms with Crippen molar-refractivity contribution in [3.63, 3.8) is 0 Å². The van der Waals surface area contributed by atoms with Crippen molar-refractivity contribution in [3.05, 3.63) is 59.9 Å². The number of fused-ring (bicyclic) bond motifs is 5. The summed E-state index contributed by atoms with van der Waals surface area (Å²) in [4.78, 5) is 4.81. The summed E-state index contributed by atoms with van der Waals surface area (Å²) in [5.74, 6) is 0.653. The van der Waals surface area contributed by atoms with E-state index in [9.17, 15) is 18.8 Å². The van der Waals surface area contributed by atoms with Gasteiger partial charge in [-0.2, -0.15) is 15.9 Å². The van der Waals surface area contributed by atoms with Crippen molar-refractivity contribution in [1.82, 2.24) is 14.7 Å². The highest BCUT2D eigenvalue weighted by Crippen LogP contribution is 2.58. The third-order valence-corrected chi connectivity index (χ3v) is 11.7. The van der Waals surface area contributed by atoms with Crippen molar-refractivity contribution in [2.24, 2.45) is 5.41 Å². The van der Waals surface area contributed by atoms with Crippen LogP contribution >= 0.6 is 10.6 Å². The second-order valence-corrected chi connectivity index (χ2v) is 14.1. The Balaban J connectivity index is 1.18. The highest BCUT2D eigenvalue weighted by atomic mass is 32.3. The Labute approximate surface area is 229 Å².